The van der Waals surface area contributed by atoms with Crippen molar-refractivity contribution in [3.63, 3.8) is 0 Å². The lowest BCUT2D eigenvalue weighted by molar-refractivity contribution is -0.327. The maximum absolute atomic E-state index is 4.98. The molecule has 0 aliphatic rings. The van der Waals surface area contributed by atoms with Crippen molar-refractivity contribution in [3.05, 3.63) is 6.61 Å². The lowest BCUT2D eigenvalue weighted by atomic mass is 10.2. The molecular formula is C8H17O2. The van der Waals surface area contributed by atoms with Gasteiger partial charge in [0, 0.05) is 0 Å². The summed E-state index contributed by atoms with van der Waals surface area (Å²) >= 11 is 0. The zero-order valence-corrected chi connectivity index (χ0v) is 7.31. The lowest BCUT2D eigenvalue weighted by Gasteiger charge is -2.16. The van der Waals surface area contributed by atoms with Crippen LogP contribution in [0.3, 0.4) is 0 Å². The number of hydrogen-bond acceptors (Lipinski definition) is 2. The summed E-state index contributed by atoms with van der Waals surface area (Å²) in [5.74, 6) is 0. The van der Waals surface area contributed by atoms with Gasteiger partial charge in [0.1, 0.15) is 6.61 Å². The molecule has 0 fully saturated rings. The van der Waals surface area contributed by atoms with Gasteiger partial charge in [0.15, 0.2) is 0 Å². The van der Waals surface area contributed by atoms with Crippen LogP contribution in [0.15, 0.2) is 0 Å². The van der Waals surface area contributed by atoms with Gasteiger partial charge in [-0.05, 0) is 27.2 Å². The molecule has 10 heavy (non-hydrogen) atoms. The monoisotopic (exact) mass is 145 g/mol. The van der Waals surface area contributed by atoms with Gasteiger partial charge in [0.2, 0.25) is 0 Å². The second-order valence-electron chi connectivity index (χ2n) is 3.25. The van der Waals surface area contributed by atoms with E-state index in [0.717, 1.165) is 12.8 Å². The van der Waals surface area contributed by atoms with Gasteiger partial charge in [0.25, 0.3) is 0 Å². The van der Waals surface area contributed by atoms with Crippen molar-refractivity contribution in [2.24, 2.45) is 0 Å². The Balaban J connectivity index is 3.04. The fraction of sp³-hybridized carbons (Fsp3) is 0.875. The quantitative estimate of drug-likeness (QED) is 0.344. The molecule has 0 N–H and O–H groups in total. The molecule has 0 saturated heterocycles. The first kappa shape index (κ1) is 9.92. The Labute approximate surface area is 63.5 Å². The molecule has 0 rings (SSSR count). The van der Waals surface area contributed by atoms with Crippen molar-refractivity contribution in [1.82, 2.24) is 0 Å². The Morgan fingerprint density at radius 3 is 2.30 bits per heavy atom. The molecule has 2 heteroatoms. The maximum Gasteiger partial charge on any atom is 0.122 e. The van der Waals surface area contributed by atoms with Crippen LogP contribution >= 0.6 is 0 Å². The summed E-state index contributed by atoms with van der Waals surface area (Å²) in [5.41, 5.74) is -0.204. The van der Waals surface area contributed by atoms with Crippen LogP contribution in [-0.4, -0.2) is 5.60 Å². The maximum atomic E-state index is 4.98. The minimum atomic E-state index is -0.204. The Hall–Kier alpha value is -0.0800. The summed E-state index contributed by atoms with van der Waals surface area (Å²) in [6, 6.07) is 0. The highest BCUT2D eigenvalue weighted by molar-refractivity contribution is 4.55. The van der Waals surface area contributed by atoms with Crippen LogP contribution in [0.25, 0.3) is 0 Å². The average Bonchev–Trinajstić information content (AvgIpc) is 1.78. The van der Waals surface area contributed by atoms with E-state index in [9.17, 15) is 0 Å². The predicted molar refractivity (Wildman–Crippen MR) is 41.1 cm³/mol. The molecule has 0 amide bonds. The lowest BCUT2D eigenvalue weighted by Crippen LogP contribution is -2.18. The average molecular weight is 145 g/mol. The Kier molecular flexibility index (Phi) is 4.65. The van der Waals surface area contributed by atoms with Crippen molar-refractivity contribution >= 4 is 0 Å². The zero-order chi connectivity index (χ0) is 8.04. The Bertz CT molecular complexity index is 73.8. The van der Waals surface area contributed by atoms with Crippen molar-refractivity contribution < 1.29 is 9.78 Å². The van der Waals surface area contributed by atoms with Gasteiger partial charge < -0.3 is 0 Å². The van der Waals surface area contributed by atoms with Gasteiger partial charge in [-0.1, -0.05) is 13.3 Å². The highest BCUT2D eigenvalue weighted by Crippen LogP contribution is 2.08. The highest BCUT2D eigenvalue weighted by Gasteiger charge is 2.10. The first-order valence-corrected chi connectivity index (χ1v) is 3.72. The van der Waals surface area contributed by atoms with Crippen LogP contribution in [0.1, 0.15) is 40.5 Å². The topological polar surface area (TPSA) is 18.5 Å². The van der Waals surface area contributed by atoms with Gasteiger partial charge in [-0.3, -0.25) is 0 Å². The predicted octanol–water partition coefficient (Wildman–Crippen LogP) is 2.69. The van der Waals surface area contributed by atoms with Crippen LogP contribution in [0.5, 0.6) is 0 Å². The standard InChI is InChI=1S/C8H17O2/c1-5-6-7-9-10-8(2,3)4/h7H,5-6H2,1-4H3. The second-order valence-corrected chi connectivity index (χ2v) is 3.25. The first-order chi connectivity index (χ1) is 4.56. The summed E-state index contributed by atoms with van der Waals surface area (Å²) in [7, 11) is 0. The molecule has 0 saturated carbocycles. The SMILES string of the molecule is CCC[CH]OOC(C)(C)C. The largest absolute Gasteiger partial charge is 0.231 e. The highest BCUT2D eigenvalue weighted by atomic mass is 17.2. The van der Waals surface area contributed by atoms with Gasteiger partial charge >= 0.3 is 0 Å². The van der Waals surface area contributed by atoms with E-state index in [1.54, 1.807) is 6.61 Å². The Morgan fingerprint density at radius 1 is 1.30 bits per heavy atom. The van der Waals surface area contributed by atoms with Crippen molar-refractivity contribution in [3.8, 4) is 0 Å². The van der Waals surface area contributed by atoms with E-state index in [-0.39, 0.29) is 5.60 Å². The third-order valence-electron chi connectivity index (χ3n) is 0.773. The van der Waals surface area contributed by atoms with E-state index >= 15 is 0 Å². The molecule has 0 aromatic rings. The molecule has 0 heterocycles. The van der Waals surface area contributed by atoms with Gasteiger partial charge in [-0.25, -0.2) is 9.78 Å². The van der Waals surface area contributed by atoms with Crippen molar-refractivity contribution in [1.29, 1.82) is 0 Å². The molecular weight excluding hydrogens is 128 g/mol. The first-order valence-electron chi connectivity index (χ1n) is 3.72. The molecule has 0 spiro atoms. The normalized spacial score (nSPS) is 12.0. The van der Waals surface area contributed by atoms with E-state index in [0.29, 0.717) is 0 Å². The molecule has 1 radical (unpaired) electrons. The van der Waals surface area contributed by atoms with Crippen LogP contribution in [0.2, 0.25) is 0 Å². The third-order valence-corrected chi connectivity index (χ3v) is 0.773. The molecule has 0 aliphatic heterocycles. The molecule has 61 valence electrons. The third kappa shape index (κ3) is 7.92. The van der Waals surface area contributed by atoms with E-state index in [1.165, 1.54) is 0 Å². The Morgan fingerprint density at radius 2 is 1.90 bits per heavy atom. The van der Waals surface area contributed by atoms with Crippen molar-refractivity contribution in [2.45, 2.75) is 46.1 Å². The molecule has 0 bridgehead atoms. The van der Waals surface area contributed by atoms with Crippen molar-refractivity contribution in [2.75, 3.05) is 0 Å². The molecule has 0 aromatic heterocycles. The van der Waals surface area contributed by atoms with E-state index in [1.807, 2.05) is 20.8 Å². The molecule has 0 aliphatic carbocycles. The van der Waals surface area contributed by atoms with E-state index in [4.69, 9.17) is 9.78 Å². The number of hydrogen-bond donors (Lipinski definition) is 0. The smallest absolute Gasteiger partial charge is 0.122 e. The minimum Gasteiger partial charge on any atom is -0.231 e. The minimum absolute atomic E-state index is 0.204. The van der Waals surface area contributed by atoms with Crippen LogP contribution in [0.4, 0.5) is 0 Å². The fourth-order valence-electron chi connectivity index (χ4n) is 0.344. The summed E-state index contributed by atoms with van der Waals surface area (Å²) in [5, 5.41) is 0. The van der Waals surface area contributed by atoms with Gasteiger partial charge in [-0.15, -0.1) is 0 Å². The summed E-state index contributed by atoms with van der Waals surface area (Å²) in [6.07, 6.45) is 2.03. The second kappa shape index (κ2) is 4.69. The molecule has 0 atom stereocenters. The van der Waals surface area contributed by atoms with Crippen LogP contribution in [-0.2, 0) is 9.78 Å². The number of unbranched alkanes of at least 4 members (excludes halogenated alkanes) is 1. The van der Waals surface area contributed by atoms with Crippen LogP contribution in [0, 0.1) is 6.61 Å². The summed E-state index contributed by atoms with van der Waals surface area (Å²) < 4.78 is 0. The molecule has 0 unspecified atom stereocenters. The fourth-order valence-corrected chi connectivity index (χ4v) is 0.344. The summed E-state index contributed by atoms with van der Waals surface area (Å²) in [4.78, 5) is 9.79. The van der Waals surface area contributed by atoms with E-state index in [2.05, 4.69) is 6.92 Å². The molecule has 2 nitrogen and oxygen atoms in total. The zero-order valence-electron chi connectivity index (χ0n) is 7.31. The van der Waals surface area contributed by atoms with Gasteiger partial charge in [0.05, 0.1) is 5.60 Å². The summed E-state index contributed by atoms with van der Waals surface area (Å²) in [6.45, 7) is 9.63. The van der Waals surface area contributed by atoms with Crippen LogP contribution < -0.4 is 0 Å². The van der Waals surface area contributed by atoms with Gasteiger partial charge in [-0.2, -0.15) is 0 Å². The number of rotatable bonds is 4. The van der Waals surface area contributed by atoms with E-state index < -0.39 is 0 Å². The molecule has 0 aromatic carbocycles.